The summed E-state index contributed by atoms with van der Waals surface area (Å²) in [5.41, 5.74) is 0.770. The van der Waals surface area contributed by atoms with Gasteiger partial charge in [0.15, 0.2) is 21.3 Å². The number of sulfone groups is 1. The number of para-hydroxylation sites is 1. The van der Waals surface area contributed by atoms with E-state index in [-0.39, 0.29) is 17.5 Å². The SMILES string of the molecule is CC(NC1CCCC1)c1cccc(O)c1O.CS(=O)(=O)c1ccccc1. The Balaban J connectivity index is 0.000000209. The second-order valence-corrected chi connectivity index (χ2v) is 8.69. The summed E-state index contributed by atoms with van der Waals surface area (Å²) in [6, 6.07) is 14.1. The molecule has 0 spiro atoms. The van der Waals surface area contributed by atoms with Gasteiger partial charge in [-0.25, -0.2) is 8.42 Å². The van der Waals surface area contributed by atoms with E-state index in [0.717, 1.165) is 5.56 Å². The third-order valence-electron chi connectivity index (χ3n) is 4.52. The average Bonchev–Trinajstić information content (AvgIpc) is 3.11. The molecule has 3 N–H and O–H groups in total. The third-order valence-corrected chi connectivity index (χ3v) is 5.65. The quantitative estimate of drug-likeness (QED) is 0.706. The van der Waals surface area contributed by atoms with Gasteiger partial charge >= 0.3 is 0 Å². The van der Waals surface area contributed by atoms with Crippen LogP contribution in [0.25, 0.3) is 0 Å². The molecule has 3 rings (SSSR count). The van der Waals surface area contributed by atoms with E-state index in [2.05, 4.69) is 5.32 Å². The summed E-state index contributed by atoms with van der Waals surface area (Å²) in [4.78, 5) is 0.370. The van der Waals surface area contributed by atoms with Gasteiger partial charge in [0.1, 0.15) is 0 Å². The summed E-state index contributed by atoms with van der Waals surface area (Å²) in [6.45, 7) is 2.02. The molecule has 6 heteroatoms. The van der Waals surface area contributed by atoms with Crippen LogP contribution in [0.1, 0.15) is 44.2 Å². The minimum Gasteiger partial charge on any atom is -0.504 e. The maximum atomic E-state index is 10.8. The molecule has 1 unspecified atom stereocenters. The molecular weight excluding hydrogens is 350 g/mol. The van der Waals surface area contributed by atoms with Gasteiger partial charge in [-0.15, -0.1) is 0 Å². The van der Waals surface area contributed by atoms with E-state index in [1.165, 1.54) is 38.0 Å². The van der Waals surface area contributed by atoms with Crippen molar-refractivity contribution in [1.29, 1.82) is 0 Å². The molecule has 1 atom stereocenters. The third kappa shape index (κ3) is 5.75. The van der Waals surface area contributed by atoms with Gasteiger partial charge < -0.3 is 15.5 Å². The highest BCUT2D eigenvalue weighted by molar-refractivity contribution is 7.90. The van der Waals surface area contributed by atoms with Crippen LogP contribution in [0.5, 0.6) is 11.5 Å². The summed E-state index contributed by atoms with van der Waals surface area (Å²) < 4.78 is 21.7. The van der Waals surface area contributed by atoms with Crippen LogP contribution in [0.15, 0.2) is 53.4 Å². The van der Waals surface area contributed by atoms with Crippen LogP contribution >= 0.6 is 0 Å². The summed E-state index contributed by atoms with van der Waals surface area (Å²) >= 11 is 0. The molecule has 142 valence electrons. The molecule has 1 aliphatic rings. The highest BCUT2D eigenvalue weighted by atomic mass is 32.2. The molecular formula is C20H27NO4S. The highest BCUT2D eigenvalue weighted by Gasteiger charge is 2.19. The fraction of sp³-hybridized carbons (Fsp3) is 0.400. The fourth-order valence-electron chi connectivity index (χ4n) is 3.10. The number of rotatable bonds is 4. The van der Waals surface area contributed by atoms with Crippen molar-refractivity contribution < 1.29 is 18.6 Å². The Kier molecular flexibility index (Phi) is 7.06. The van der Waals surface area contributed by atoms with Crippen molar-refractivity contribution in [3.63, 3.8) is 0 Å². The molecule has 0 saturated heterocycles. The molecule has 1 aliphatic carbocycles. The van der Waals surface area contributed by atoms with E-state index in [9.17, 15) is 18.6 Å². The van der Waals surface area contributed by atoms with E-state index >= 15 is 0 Å². The summed E-state index contributed by atoms with van der Waals surface area (Å²) in [7, 11) is -3.00. The van der Waals surface area contributed by atoms with Crippen molar-refractivity contribution in [2.75, 3.05) is 6.26 Å². The van der Waals surface area contributed by atoms with Crippen LogP contribution < -0.4 is 5.32 Å². The Morgan fingerprint density at radius 3 is 2.15 bits per heavy atom. The summed E-state index contributed by atoms with van der Waals surface area (Å²) in [5.74, 6) is -0.0435. The van der Waals surface area contributed by atoms with Crippen LogP contribution in [-0.4, -0.2) is 30.9 Å². The van der Waals surface area contributed by atoms with Gasteiger partial charge in [-0.2, -0.15) is 0 Å². The second-order valence-electron chi connectivity index (χ2n) is 6.67. The minimum absolute atomic E-state index is 0.000460. The number of hydrogen-bond donors (Lipinski definition) is 3. The molecule has 1 fully saturated rings. The van der Waals surface area contributed by atoms with Gasteiger partial charge in [0.05, 0.1) is 4.90 Å². The number of phenols is 2. The lowest BCUT2D eigenvalue weighted by atomic mass is 10.1. The Morgan fingerprint density at radius 1 is 1.00 bits per heavy atom. The van der Waals surface area contributed by atoms with E-state index in [0.29, 0.717) is 10.9 Å². The first-order valence-electron chi connectivity index (χ1n) is 8.81. The molecule has 0 heterocycles. The van der Waals surface area contributed by atoms with Crippen LogP contribution in [0, 0.1) is 0 Å². The lowest BCUT2D eigenvalue weighted by molar-refractivity contribution is 0.386. The summed E-state index contributed by atoms with van der Waals surface area (Å²) in [5, 5.41) is 22.7. The van der Waals surface area contributed by atoms with Crippen molar-refractivity contribution in [3.8, 4) is 11.5 Å². The second kappa shape index (κ2) is 9.05. The van der Waals surface area contributed by atoms with Crippen molar-refractivity contribution in [3.05, 3.63) is 54.1 Å². The lowest BCUT2D eigenvalue weighted by Gasteiger charge is -2.20. The normalized spacial score (nSPS) is 15.9. The first kappa shape index (κ1) is 20.3. The molecule has 5 nitrogen and oxygen atoms in total. The fourth-order valence-corrected chi connectivity index (χ4v) is 3.75. The van der Waals surface area contributed by atoms with Crippen LogP contribution in [-0.2, 0) is 9.84 Å². The number of nitrogens with one attached hydrogen (secondary N) is 1. The van der Waals surface area contributed by atoms with Crippen molar-refractivity contribution in [2.24, 2.45) is 0 Å². The number of aromatic hydroxyl groups is 2. The lowest BCUT2D eigenvalue weighted by Crippen LogP contribution is -2.28. The maximum Gasteiger partial charge on any atom is 0.175 e. The van der Waals surface area contributed by atoms with Gasteiger partial charge in [0.2, 0.25) is 0 Å². The largest absolute Gasteiger partial charge is 0.504 e. The molecule has 0 amide bonds. The molecule has 0 radical (unpaired) electrons. The minimum atomic E-state index is -3.00. The van der Waals surface area contributed by atoms with Crippen molar-refractivity contribution >= 4 is 9.84 Å². The Bertz CT molecular complexity index is 800. The van der Waals surface area contributed by atoms with Crippen LogP contribution in [0.3, 0.4) is 0 Å². The monoisotopic (exact) mass is 377 g/mol. The molecule has 0 aliphatic heterocycles. The molecule has 0 aromatic heterocycles. The predicted octanol–water partition coefficient (Wildman–Crippen LogP) is 3.78. The average molecular weight is 378 g/mol. The molecule has 26 heavy (non-hydrogen) atoms. The van der Waals surface area contributed by atoms with Crippen molar-refractivity contribution in [1.82, 2.24) is 5.32 Å². The Hall–Kier alpha value is -2.05. The van der Waals surface area contributed by atoms with Gasteiger partial charge in [-0.3, -0.25) is 0 Å². The van der Waals surface area contributed by atoms with Crippen LogP contribution in [0.2, 0.25) is 0 Å². The standard InChI is InChI=1S/C13H19NO2.C7H8O2S/c1-9(14-10-5-2-3-6-10)11-7-4-8-12(15)13(11)16;1-10(8,9)7-5-3-2-4-6-7/h4,7-10,14-16H,2-3,5-6H2,1H3;2-6H,1H3. The smallest absolute Gasteiger partial charge is 0.175 e. The molecule has 0 bridgehead atoms. The molecule has 1 saturated carbocycles. The van der Waals surface area contributed by atoms with Crippen LogP contribution in [0.4, 0.5) is 0 Å². The maximum absolute atomic E-state index is 10.8. The van der Waals surface area contributed by atoms with E-state index in [1.54, 1.807) is 36.4 Å². The first-order valence-corrected chi connectivity index (χ1v) is 10.7. The number of hydrogen-bond acceptors (Lipinski definition) is 5. The first-order chi connectivity index (χ1) is 12.3. The van der Waals surface area contributed by atoms with Gasteiger partial charge in [-0.05, 0) is 38.0 Å². The Labute approximate surface area is 155 Å². The van der Waals surface area contributed by atoms with Crippen molar-refractivity contribution in [2.45, 2.75) is 49.6 Å². The van der Waals surface area contributed by atoms with Gasteiger partial charge in [0.25, 0.3) is 0 Å². The number of phenolic OH excluding ortho intramolecular Hbond substituents is 2. The topological polar surface area (TPSA) is 86.6 Å². The zero-order valence-electron chi connectivity index (χ0n) is 15.2. The van der Waals surface area contributed by atoms with E-state index in [4.69, 9.17) is 0 Å². The van der Waals surface area contributed by atoms with Gasteiger partial charge in [0, 0.05) is 23.9 Å². The summed E-state index contributed by atoms with van der Waals surface area (Å²) in [6.07, 6.45) is 6.20. The van der Waals surface area contributed by atoms with Gasteiger partial charge in [-0.1, -0.05) is 43.2 Å². The number of benzene rings is 2. The molecule has 2 aromatic carbocycles. The predicted molar refractivity (Wildman–Crippen MR) is 103 cm³/mol. The molecule has 2 aromatic rings. The zero-order chi connectivity index (χ0) is 19.2. The Morgan fingerprint density at radius 2 is 1.62 bits per heavy atom. The zero-order valence-corrected chi connectivity index (χ0v) is 16.0. The highest BCUT2D eigenvalue weighted by Crippen LogP contribution is 2.33. The van der Waals surface area contributed by atoms with E-state index < -0.39 is 9.84 Å². The van der Waals surface area contributed by atoms with E-state index in [1.807, 2.05) is 13.0 Å².